The molecule has 146 valence electrons. The van der Waals surface area contributed by atoms with Crippen LogP contribution in [0.1, 0.15) is 12.8 Å². The molecule has 1 amide bonds. The van der Waals surface area contributed by atoms with Crippen molar-refractivity contribution in [3.8, 4) is 0 Å². The molecule has 0 radical (unpaired) electrons. The van der Waals surface area contributed by atoms with Gasteiger partial charge in [-0.25, -0.2) is 8.42 Å². The summed E-state index contributed by atoms with van der Waals surface area (Å²) in [6.07, 6.45) is 1.97. The van der Waals surface area contributed by atoms with Crippen LogP contribution in [0.4, 0.5) is 0 Å². The Morgan fingerprint density at radius 3 is 2.27 bits per heavy atom. The summed E-state index contributed by atoms with van der Waals surface area (Å²) in [5, 5.41) is 3.88. The predicted molar refractivity (Wildman–Crippen MR) is 104 cm³/mol. The molecule has 2 atom stereocenters. The molecule has 0 saturated carbocycles. The first-order valence-electron chi connectivity index (χ1n) is 8.58. The normalized spacial score (nSPS) is 23.3. The Kier molecular flexibility index (Phi) is 7.33. The number of sulfonamides is 1. The molecule has 0 aromatic heterocycles. The third-order valence-electron chi connectivity index (χ3n) is 5.25. The van der Waals surface area contributed by atoms with Gasteiger partial charge < -0.3 is 10.2 Å². The Balaban J connectivity index is 0.00000243. The fourth-order valence-corrected chi connectivity index (χ4v) is 4.88. The van der Waals surface area contributed by atoms with Gasteiger partial charge in [0, 0.05) is 25.2 Å². The second kappa shape index (κ2) is 8.89. The number of hydrogen-bond acceptors (Lipinski definition) is 4. The third-order valence-corrected chi connectivity index (χ3v) is 7.32. The van der Waals surface area contributed by atoms with Crippen molar-refractivity contribution in [2.24, 2.45) is 11.8 Å². The molecule has 9 heteroatoms. The minimum atomic E-state index is -3.70. The van der Waals surface area contributed by atoms with E-state index in [9.17, 15) is 13.2 Å². The minimum absolute atomic E-state index is 0. The zero-order chi connectivity index (χ0) is 18.0. The van der Waals surface area contributed by atoms with Crippen molar-refractivity contribution in [1.29, 1.82) is 0 Å². The number of nitrogens with one attached hydrogen (secondary N) is 1. The van der Waals surface area contributed by atoms with E-state index in [1.165, 1.54) is 31.3 Å². The van der Waals surface area contributed by atoms with Gasteiger partial charge in [-0.3, -0.25) is 4.79 Å². The van der Waals surface area contributed by atoms with Crippen LogP contribution < -0.4 is 5.32 Å². The third kappa shape index (κ3) is 4.70. The lowest BCUT2D eigenvalue weighted by Gasteiger charge is -2.24. The maximum Gasteiger partial charge on any atom is 0.243 e. The van der Waals surface area contributed by atoms with Crippen molar-refractivity contribution in [3.63, 3.8) is 0 Å². The summed E-state index contributed by atoms with van der Waals surface area (Å²) in [5.74, 6) is 1.13. The molecule has 1 N–H and O–H groups in total. The van der Waals surface area contributed by atoms with Crippen LogP contribution in [0.25, 0.3) is 0 Å². The fourth-order valence-electron chi connectivity index (χ4n) is 3.63. The highest BCUT2D eigenvalue weighted by atomic mass is 35.5. The maximum atomic E-state index is 12.6. The van der Waals surface area contributed by atoms with Crippen molar-refractivity contribution in [3.05, 3.63) is 29.3 Å². The summed E-state index contributed by atoms with van der Waals surface area (Å²) >= 11 is 5.81. The molecular weight excluding hydrogens is 397 g/mol. The summed E-state index contributed by atoms with van der Waals surface area (Å²) < 4.78 is 26.3. The fraction of sp³-hybridized carbons (Fsp3) is 0.588. The lowest BCUT2D eigenvalue weighted by molar-refractivity contribution is -0.131. The molecule has 1 aromatic carbocycles. The highest BCUT2D eigenvalue weighted by Gasteiger charge is 2.32. The first kappa shape index (κ1) is 21.4. The molecular formula is C17H25Cl2N3O3S. The molecule has 2 saturated heterocycles. The Hall–Kier alpha value is -0.860. The van der Waals surface area contributed by atoms with Gasteiger partial charge in [-0.2, -0.15) is 4.31 Å². The van der Waals surface area contributed by atoms with Gasteiger partial charge in [0.1, 0.15) is 0 Å². The molecule has 6 nitrogen and oxygen atoms in total. The average Bonchev–Trinajstić information content (AvgIpc) is 2.93. The second-order valence-electron chi connectivity index (χ2n) is 6.85. The quantitative estimate of drug-likeness (QED) is 0.804. The Morgan fingerprint density at radius 2 is 1.73 bits per heavy atom. The van der Waals surface area contributed by atoms with Crippen molar-refractivity contribution >= 4 is 39.9 Å². The number of rotatable bonds is 4. The van der Waals surface area contributed by atoms with E-state index in [1.807, 2.05) is 4.90 Å². The molecule has 2 aliphatic heterocycles. The van der Waals surface area contributed by atoms with E-state index >= 15 is 0 Å². The van der Waals surface area contributed by atoms with Gasteiger partial charge in [0.15, 0.2) is 0 Å². The Labute approximate surface area is 166 Å². The van der Waals surface area contributed by atoms with Crippen LogP contribution in [0.15, 0.2) is 29.2 Å². The number of carbonyl (C=O) groups is 1. The van der Waals surface area contributed by atoms with E-state index in [0.29, 0.717) is 29.9 Å². The summed E-state index contributed by atoms with van der Waals surface area (Å²) in [6, 6.07) is 5.98. The molecule has 2 aliphatic rings. The molecule has 2 fully saturated rings. The number of carbonyl (C=O) groups excluding carboxylic acids is 1. The van der Waals surface area contributed by atoms with Gasteiger partial charge in [-0.15, -0.1) is 12.4 Å². The number of hydrogen-bond donors (Lipinski definition) is 1. The van der Waals surface area contributed by atoms with E-state index < -0.39 is 10.0 Å². The largest absolute Gasteiger partial charge is 0.342 e. The minimum Gasteiger partial charge on any atom is -0.342 e. The predicted octanol–water partition coefficient (Wildman–Crippen LogP) is 1.84. The number of likely N-dealkylation sites (tertiary alicyclic amines) is 1. The summed E-state index contributed by atoms with van der Waals surface area (Å²) in [6.45, 7) is 3.32. The lowest BCUT2D eigenvalue weighted by Crippen LogP contribution is -2.41. The van der Waals surface area contributed by atoms with Crippen LogP contribution in [0.3, 0.4) is 0 Å². The van der Waals surface area contributed by atoms with Gasteiger partial charge in [0.2, 0.25) is 15.9 Å². The zero-order valence-electron chi connectivity index (χ0n) is 14.7. The summed E-state index contributed by atoms with van der Waals surface area (Å²) in [4.78, 5) is 14.6. The van der Waals surface area contributed by atoms with Crippen LogP contribution in [0.2, 0.25) is 5.02 Å². The smallest absolute Gasteiger partial charge is 0.243 e. The number of nitrogens with zero attached hydrogens (tertiary/aromatic N) is 2. The number of benzene rings is 1. The number of likely N-dealkylation sites (N-methyl/N-ethyl adjacent to an activating group) is 1. The van der Waals surface area contributed by atoms with Crippen molar-refractivity contribution in [2.45, 2.75) is 17.7 Å². The second-order valence-corrected chi connectivity index (χ2v) is 9.33. The molecule has 26 heavy (non-hydrogen) atoms. The highest BCUT2D eigenvalue weighted by molar-refractivity contribution is 7.89. The van der Waals surface area contributed by atoms with Crippen molar-refractivity contribution < 1.29 is 13.2 Å². The first-order valence-corrected chi connectivity index (χ1v) is 10.4. The Morgan fingerprint density at radius 1 is 1.19 bits per heavy atom. The lowest BCUT2D eigenvalue weighted by atomic mass is 9.92. The monoisotopic (exact) mass is 421 g/mol. The zero-order valence-corrected chi connectivity index (χ0v) is 17.1. The molecule has 0 unspecified atom stereocenters. The van der Waals surface area contributed by atoms with E-state index in [0.717, 1.165) is 30.2 Å². The van der Waals surface area contributed by atoms with Crippen LogP contribution in [-0.4, -0.2) is 63.3 Å². The topological polar surface area (TPSA) is 69.7 Å². The highest BCUT2D eigenvalue weighted by Crippen LogP contribution is 2.27. The van der Waals surface area contributed by atoms with Crippen LogP contribution in [-0.2, 0) is 14.8 Å². The van der Waals surface area contributed by atoms with E-state index in [-0.39, 0.29) is 29.8 Å². The van der Waals surface area contributed by atoms with E-state index in [2.05, 4.69) is 5.32 Å². The van der Waals surface area contributed by atoms with Gasteiger partial charge in [-0.05, 0) is 62.0 Å². The van der Waals surface area contributed by atoms with Crippen LogP contribution in [0.5, 0.6) is 0 Å². The number of fused-ring (bicyclic) bond motifs is 1. The molecule has 3 rings (SSSR count). The molecule has 1 aromatic rings. The molecule has 2 heterocycles. The van der Waals surface area contributed by atoms with Gasteiger partial charge in [0.05, 0.1) is 11.4 Å². The number of amides is 1. The summed E-state index contributed by atoms with van der Waals surface area (Å²) in [7, 11) is -2.25. The summed E-state index contributed by atoms with van der Waals surface area (Å²) in [5.41, 5.74) is 0. The van der Waals surface area contributed by atoms with Gasteiger partial charge in [0.25, 0.3) is 0 Å². The van der Waals surface area contributed by atoms with Crippen LogP contribution in [0, 0.1) is 11.8 Å². The van der Waals surface area contributed by atoms with Crippen molar-refractivity contribution in [2.75, 3.05) is 39.8 Å². The molecule has 0 aliphatic carbocycles. The van der Waals surface area contributed by atoms with E-state index in [1.54, 1.807) is 0 Å². The molecule has 0 bridgehead atoms. The van der Waals surface area contributed by atoms with Crippen LogP contribution >= 0.6 is 24.0 Å². The average molecular weight is 422 g/mol. The SMILES string of the molecule is CN(CC(=O)N1CC[C@@H]2CNC[C@@H]2CC1)S(=O)(=O)c1ccc(Cl)cc1.Cl. The standard InChI is InChI=1S/C17H24ClN3O3S.ClH/c1-20(25(23,24)16-4-2-15(18)3-5-16)12-17(22)21-8-6-13-10-19-11-14(13)7-9-21;/h2-5,13-14,19H,6-12H2,1H3;1H/t13-,14+;. The van der Waals surface area contributed by atoms with Gasteiger partial charge in [-0.1, -0.05) is 11.6 Å². The first-order chi connectivity index (χ1) is 11.9. The van der Waals surface area contributed by atoms with Gasteiger partial charge >= 0.3 is 0 Å². The molecule has 0 spiro atoms. The Bertz CT molecular complexity index is 713. The number of halogens is 2. The van der Waals surface area contributed by atoms with E-state index in [4.69, 9.17) is 11.6 Å². The van der Waals surface area contributed by atoms with Crippen molar-refractivity contribution in [1.82, 2.24) is 14.5 Å². The maximum absolute atomic E-state index is 12.6.